The number of nitrogens with one attached hydrogen (secondary N) is 2. The summed E-state index contributed by atoms with van der Waals surface area (Å²) in [5.41, 5.74) is 3.90. The molecule has 0 unspecified atom stereocenters. The van der Waals surface area contributed by atoms with E-state index in [1.54, 1.807) is 11.8 Å². The first kappa shape index (κ1) is 25.7. The maximum atomic E-state index is 11.7. The molecule has 2 aromatic heterocycles. The van der Waals surface area contributed by atoms with Gasteiger partial charge in [0, 0.05) is 31.1 Å². The number of rotatable bonds is 9. The summed E-state index contributed by atoms with van der Waals surface area (Å²) in [4.78, 5) is 27.3. The van der Waals surface area contributed by atoms with Crippen molar-refractivity contribution in [1.29, 1.82) is 0 Å². The van der Waals surface area contributed by atoms with E-state index in [1.165, 1.54) is 29.4 Å². The number of anilines is 1. The molecule has 3 aromatic rings. The number of hydrogen-bond acceptors (Lipinski definition) is 8. The van der Waals surface area contributed by atoms with Crippen molar-refractivity contribution < 1.29 is 14.3 Å². The third kappa shape index (κ3) is 8.14. The molecular weight excluding hydrogens is 472 g/mol. The van der Waals surface area contributed by atoms with Crippen LogP contribution >= 0.6 is 23.1 Å². The average molecular weight is 503 g/mol. The Hall–Kier alpha value is -2.92. The zero-order valence-electron chi connectivity index (χ0n) is 20.0. The summed E-state index contributed by atoms with van der Waals surface area (Å²) in [7, 11) is 0. The predicted molar refractivity (Wildman–Crippen MR) is 135 cm³/mol. The van der Waals surface area contributed by atoms with Gasteiger partial charge in [0.1, 0.15) is 5.60 Å². The van der Waals surface area contributed by atoms with Crippen LogP contribution in [0.5, 0.6) is 0 Å². The van der Waals surface area contributed by atoms with E-state index in [-0.39, 0.29) is 5.91 Å². The van der Waals surface area contributed by atoms with Crippen molar-refractivity contribution in [3.05, 3.63) is 47.5 Å². The monoisotopic (exact) mass is 502 g/mol. The van der Waals surface area contributed by atoms with Crippen molar-refractivity contribution in [3.63, 3.8) is 0 Å². The van der Waals surface area contributed by atoms with Crippen molar-refractivity contribution in [2.24, 2.45) is 0 Å². The second kappa shape index (κ2) is 11.5. The van der Waals surface area contributed by atoms with Gasteiger partial charge in [-0.25, -0.2) is 9.78 Å². The van der Waals surface area contributed by atoms with Gasteiger partial charge in [-0.1, -0.05) is 29.2 Å². The van der Waals surface area contributed by atoms with Gasteiger partial charge in [0.15, 0.2) is 4.34 Å². The Balaban J connectivity index is 1.49. The quantitative estimate of drug-likeness (QED) is 0.247. The molecule has 0 saturated heterocycles. The fourth-order valence-electron chi connectivity index (χ4n) is 3.02. The van der Waals surface area contributed by atoms with Crippen molar-refractivity contribution in [1.82, 2.24) is 25.1 Å². The van der Waals surface area contributed by atoms with Gasteiger partial charge in [-0.15, -0.1) is 10.2 Å². The first-order valence-corrected chi connectivity index (χ1v) is 12.7. The number of imidazole rings is 1. The van der Waals surface area contributed by atoms with Crippen molar-refractivity contribution in [3.8, 4) is 5.69 Å². The third-order valence-electron chi connectivity index (χ3n) is 4.58. The minimum absolute atomic E-state index is 0.153. The standard InChI is InChI=1S/C23H30N6O3S2/c1-15-11-19(9-8-17(15)13-33-22-28-27-20(34-22)26-16(2)30)29-12-18(25-14-29)7-6-10-24-21(31)32-23(3,4)5/h8-9,11-12,14H,6-7,10,13H2,1-5H3,(H,24,31)(H,26,27,30). The van der Waals surface area contributed by atoms with Crippen LogP contribution in [0.15, 0.2) is 35.1 Å². The number of carbonyl (C=O) groups is 2. The number of aromatic nitrogens is 4. The summed E-state index contributed by atoms with van der Waals surface area (Å²) < 4.78 is 8.06. The Morgan fingerprint density at radius 1 is 1.24 bits per heavy atom. The largest absolute Gasteiger partial charge is 0.444 e. The van der Waals surface area contributed by atoms with E-state index in [4.69, 9.17) is 4.74 Å². The van der Waals surface area contributed by atoms with Gasteiger partial charge in [0.25, 0.3) is 0 Å². The molecule has 182 valence electrons. The van der Waals surface area contributed by atoms with Gasteiger partial charge in [-0.2, -0.15) is 0 Å². The van der Waals surface area contributed by atoms with Crippen LogP contribution in [0.3, 0.4) is 0 Å². The number of nitrogens with zero attached hydrogens (tertiary/aromatic N) is 4. The van der Waals surface area contributed by atoms with Crippen LogP contribution in [-0.2, 0) is 21.7 Å². The van der Waals surface area contributed by atoms with Crippen LogP contribution in [0, 0.1) is 6.92 Å². The molecule has 2 heterocycles. The van der Waals surface area contributed by atoms with E-state index in [2.05, 4.69) is 50.9 Å². The zero-order chi connectivity index (χ0) is 24.7. The number of benzene rings is 1. The highest BCUT2D eigenvalue weighted by Gasteiger charge is 2.15. The highest BCUT2D eigenvalue weighted by molar-refractivity contribution is 8.00. The molecule has 0 aliphatic rings. The zero-order valence-corrected chi connectivity index (χ0v) is 21.7. The second-order valence-electron chi connectivity index (χ2n) is 8.76. The van der Waals surface area contributed by atoms with E-state index in [9.17, 15) is 9.59 Å². The summed E-state index contributed by atoms with van der Waals surface area (Å²) in [6.07, 6.45) is 4.97. The van der Waals surface area contributed by atoms with E-state index < -0.39 is 11.7 Å². The van der Waals surface area contributed by atoms with Crippen LogP contribution < -0.4 is 10.6 Å². The predicted octanol–water partition coefficient (Wildman–Crippen LogP) is 4.74. The SMILES string of the molecule is CC(=O)Nc1nnc(SCc2ccc(-n3cnc(CCCNC(=O)OC(C)(C)C)c3)cc2C)s1. The Kier molecular flexibility index (Phi) is 8.67. The Morgan fingerprint density at radius 2 is 2.03 bits per heavy atom. The molecule has 1 aromatic carbocycles. The Labute approximate surface area is 207 Å². The second-order valence-corrected chi connectivity index (χ2v) is 11.0. The van der Waals surface area contributed by atoms with Gasteiger partial charge in [0.05, 0.1) is 12.0 Å². The lowest BCUT2D eigenvalue weighted by Gasteiger charge is -2.19. The summed E-state index contributed by atoms with van der Waals surface area (Å²) in [5, 5.41) is 14.0. The fraction of sp³-hybridized carbons (Fsp3) is 0.435. The Morgan fingerprint density at radius 3 is 2.74 bits per heavy atom. The molecule has 0 spiro atoms. The molecule has 0 radical (unpaired) electrons. The lowest BCUT2D eigenvalue weighted by molar-refractivity contribution is -0.114. The Bertz CT molecular complexity index is 1140. The van der Waals surface area contributed by atoms with E-state index in [1.807, 2.05) is 37.9 Å². The van der Waals surface area contributed by atoms with E-state index >= 15 is 0 Å². The first-order valence-electron chi connectivity index (χ1n) is 10.9. The molecule has 0 saturated carbocycles. The maximum absolute atomic E-state index is 11.7. The molecule has 0 aliphatic carbocycles. The topological polar surface area (TPSA) is 111 Å². The highest BCUT2D eigenvalue weighted by Crippen LogP contribution is 2.29. The number of ether oxygens (including phenoxy) is 1. The van der Waals surface area contributed by atoms with Crippen molar-refractivity contribution in [2.75, 3.05) is 11.9 Å². The summed E-state index contributed by atoms with van der Waals surface area (Å²) in [6.45, 7) is 9.60. The van der Waals surface area contributed by atoms with Crippen LogP contribution in [0.25, 0.3) is 5.69 Å². The minimum atomic E-state index is -0.495. The lowest BCUT2D eigenvalue weighted by Crippen LogP contribution is -2.33. The molecule has 34 heavy (non-hydrogen) atoms. The van der Waals surface area contributed by atoms with Crippen molar-refractivity contribution in [2.45, 2.75) is 63.2 Å². The summed E-state index contributed by atoms with van der Waals surface area (Å²) in [5.74, 6) is 0.611. The van der Waals surface area contributed by atoms with Gasteiger partial charge in [-0.3, -0.25) is 4.79 Å². The number of aryl methyl sites for hydroxylation is 2. The maximum Gasteiger partial charge on any atom is 0.407 e. The summed E-state index contributed by atoms with van der Waals surface area (Å²) >= 11 is 2.96. The van der Waals surface area contributed by atoms with Gasteiger partial charge < -0.3 is 19.9 Å². The molecule has 0 atom stereocenters. The molecule has 0 bridgehead atoms. The molecule has 0 fully saturated rings. The molecule has 11 heteroatoms. The van der Waals surface area contributed by atoms with E-state index in [0.29, 0.717) is 11.7 Å². The molecule has 9 nitrogen and oxygen atoms in total. The van der Waals surface area contributed by atoms with Crippen LogP contribution in [0.1, 0.15) is 50.9 Å². The first-order chi connectivity index (χ1) is 16.1. The molecule has 0 aliphatic heterocycles. The van der Waals surface area contributed by atoms with Gasteiger partial charge >= 0.3 is 6.09 Å². The highest BCUT2D eigenvalue weighted by atomic mass is 32.2. The molecule has 2 amide bonds. The molecule has 2 N–H and O–H groups in total. The number of alkyl carbamates (subject to hydrolysis) is 1. The normalized spacial score (nSPS) is 11.3. The summed E-state index contributed by atoms with van der Waals surface area (Å²) in [6, 6.07) is 6.31. The van der Waals surface area contributed by atoms with Gasteiger partial charge in [0.2, 0.25) is 11.0 Å². The molecule has 3 rings (SSSR count). The number of thioether (sulfide) groups is 1. The third-order valence-corrected chi connectivity index (χ3v) is 6.60. The molecular formula is C23H30N6O3S2. The van der Waals surface area contributed by atoms with Crippen LogP contribution in [0.2, 0.25) is 0 Å². The van der Waals surface area contributed by atoms with Crippen LogP contribution in [0.4, 0.5) is 9.93 Å². The van der Waals surface area contributed by atoms with E-state index in [0.717, 1.165) is 34.3 Å². The number of hydrogen-bond donors (Lipinski definition) is 2. The fourth-order valence-corrected chi connectivity index (χ4v) is 4.89. The number of carbonyl (C=O) groups excluding carboxylic acids is 2. The smallest absolute Gasteiger partial charge is 0.407 e. The average Bonchev–Trinajstić information content (AvgIpc) is 3.38. The van der Waals surface area contributed by atoms with Crippen LogP contribution in [-0.4, -0.2) is 43.9 Å². The lowest BCUT2D eigenvalue weighted by atomic mass is 10.1. The van der Waals surface area contributed by atoms with Crippen molar-refractivity contribution >= 4 is 40.2 Å². The van der Waals surface area contributed by atoms with Gasteiger partial charge in [-0.05, 0) is 63.8 Å². The minimum Gasteiger partial charge on any atom is -0.444 e. The number of amides is 2.